The molecule has 4 rings (SSSR count). The van der Waals surface area contributed by atoms with Gasteiger partial charge in [-0.25, -0.2) is 14.6 Å². The molecule has 1 aromatic carbocycles. The molecule has 28 heavy (non-hydrogen) atoms. The Kier molecular flexibility index (Phi) is 5.48. The Morgan fingerprint density at radius 1 is 1.32 bits per heavy atom. The summed E-state index contributed by atoms with van der Waals surface area (Å²) in [6, 6.07) is 7.25. The van der Waals surface area contributed by atoms with Crippen LogP contribution in [-0.4, -0.2) is 51.9 Å². The van der Waals surface area contributed by atoms with Gasteiger partial charge < -0.3 is 15.4 Å². The van der Waals surface area contributed by atoms with Gasteiger partial charge in [-0.15, -0.1) is 0 Å². The third-order valence-corrected chi connectivity index (χ3v) is 4.88. The van der Waals surface area contributed by atoms with E-state index in [0.29, 0.717) is 36.9 Å². The number of nitrogens with zero attached hydrogens (tertiary/aromatic N) is 4. The quantitative estimate of drug-likeness (QED) is 0.648. The molecule has 0 unspecified atom stereocenters. The molecule has 1 aliphatic heterocycles. The monoisotopic (exact) mass is 380 g/mol. The van der Waals surface area contributed by atoms with Crippen molar-refractivity contribution in [2.24, 2.45) is 0 Å². The van der Waals surface area contributed by atoms with E-state index in [2.05, 4.69) is 20.6 Å². The summed E-state index contributed by atoms with van der Waals surface area (Å²) in [5.41, 5.74) is 3.13. The number of para-hydroxylation sites is 1. The molecule has 0 bridgehead atoms. The van der Waals surface area contributed by atoms with E-state index in [9.17, 15) is 4.79 Å². The van der Waals surface area contributed by atoms with Crippen molar-refractivity contribution in [2.45, 2.75) is 25.8 Å². The highest BCUT2D eigenvalue weighted by Crippen LogP contribution is 2.26. The minimum absolute atomic E-state index is 0.160. The van der Waals surface area contributed by atoms with E-state index in [1.54, 1.807) is 24.5 Å². The summed E-state index contributed by atoms with van der Waals surface area (Å²) in [5.74, 6) is 0.786. The van der Waals surface area contributed by atoms with Crippen molar-refractivity contribution in [1.29, 1.82) is 0 Å². The Labute approximate surface area is 163 Å². The Morgan fingerprint density at radius 3 is 3.00 bits per heavy atom. The zero-order chi connectivity index (χ0) is 19.3. The smallest absolute Gasteiger partial charge is 0.255 e. The lowest BCUT2D eigenvalue weighted by atomic mass is 10.0. The second-order valence-electron chi connectivity index (χ2n) is 6.71. The number of fused-ring (bicyclic) bond motifs is 1. The minimum atomic E-state index is -0.160. The number of ether oxygens (including phenoxy) is 1. The Hall–Kier alpha value is -3.00. The van der Waals surface area contributed by atoms with E-state index >= 15 is 0 Å². The molecule has 8 heteroatoms. The summed E-state index contributed by atoms with van der Waals surface area (Å²) in [6.07, 6.45) is 4.43. The summed E-state index contributed by atoms with van der Waals surface area (Å²) in [7, 11) is 0. The van der Waals surface area contributed by atoms with Crippen molar-refractivity contribution in [3.63, 3.8) is 0 Å². The number of rotatable bonds is 7. The van der Waals surface area contributed by atoms with Crippen molar-refractivity contribution in [2.75, 3.05) is 26.2 Å². The predicted molar refractivity (Wildman–Crippen MR) is 105 cm³/mol. The number of hydrogen-bond donors (Lipinski definition) is 2. The van der Waals surface area contributed by atoms with Crippen LogP contribution in [0.1, 0.15) is 35.3 Å². The summed E-state index contributed by atoms with van der Waals surface area (Å²) < 4.78 is 7.38. The molecule has 1 saturated heterocycles. The topological polar surface area (TPSA) is 94.0 Å². The number of carbonyl (C=O) groups excluding carboxylic acids is 1. The zero-order valence-corrected chi connectivity index (χ0v) is 15.9. The molecule has 3 aromatic rings. The van der Waals surface area contributed by atoms with Crippen LogP contribution < -0.4 is 15.4 Å². The van der Waals surface area contributed by atoms with E-state index in [0.717, 1.165) is 36.4 Å². The van der Waals surface area contributed by atoms with Crippen LogP contribution in [0, 0.1) is 0 Å². The van der Waals surface area contributed by atoms with Crippen LogP contribution >= 0.6 is 0 Å². The van der Waals surface area contributed by atoms with Crippen molar-refractivity contribution in [3.8, 4) is 5.75 Å². The van der Waals surface area contributed by atoms with Crippen LogP contribution in [0.4, 0.5) is 0 Å². The maximum Gasteiger partial charge on any atom is 0.255 e. The molecule has 1 fully saturated rings. The van der Waals surface area contributed by atoms with Crippen LogP contribution in [0.3, 0.4) is 0 Å². The van der Waals surface area contributed by atoms with Gasteiger partial charge >= 0.3 is 0 Å². The molecule has 0 radical (unpaired) electrons. The largest absolute Gasteiger partial charge is 0.493 e. The first-order chi connectivity index (χ1) is 13.8. The third-order valence-electron chi connectivity index (χ3n) is 4.88. The number of hydrogen-bond acceptors (Lipinski definition) is 6. The van der Waals surface area contributed by atoms with Gasteiger partial charge in [-0.3, -0.25) is 4.79 Å². The molecule has 1 atom stereocenters. The van der Waals surface area contributed by atoms with Crippen LogP contribution in [0.5, 0.6) is 5.75 Å². The lowest BCUT2D eigenvalue weighted by Gasteiger charge is -2.10. The van der Waals surface area contributed by atoms with Crippen molar-refractivity contribution < 1.29 is 9.53 Å². The molecule has 2 aromatic heterocycles. The number of amides is 1. The molecule has 0 saturated carbocycles. The molecular formula is C20H24N6O2. The normalized spacial score (nSPS) is 16.4. The molecular weight excluding hydrogens is 356 g/mol. The lowest BCUT2D eigenvalue weighted by molar-refractivity contribution is 0.0948. The average Bonchev–Trinajstić information content (AvgIpc) is 3.37. The van der Waals surface area contributed by atoms with Gasteiger partial charge in [0.05, 0.1) is 24.4 Å². The van der Waals surface area contributed by atoms with Gasteiger partial charge in [0, 0.05) is 31.4 Å². The van der Waals surface area contributed by atoms with Gasteiger partial charge in [0.15, 0.2) is 5.65 Å². The van der Waals surface area contributed by atoms with Gasteiger partial charge in [-0.2, -0.15) is 5.10 Å². The summed E-state index contributed by atoms with van der Waals surface area (Å²) in [4.78, 5) is 21.5. The van der Waals surface area contributed by atoms with Gasteiger partial charge in [0.2, 0.25) is 0 Å². The number of nitrogens with one attached hydrogen (secondary N) is 2. The molecule has 2 N–H and O–H groups in total. The number of carbonyl (C=O) groups is 1. The highest BCUT2D eigenvalue weighted by molar-refractivity contribution is 5.96. The van der Waals surface area contributed by atoms with Gasteiger partial charge in [0.25, 0.3) is 5.91 Å². The molecule has 0 aliphatic carbocycles. The number of benzene rings is 1. The number of aromatic nitrogens is 4. The second-order valence-corrected chi connectivity index (χ2v) is 6.71. The molecule has 146 valence electrons. The van der Waals surface area contributed by atoms with Crippen LogP contribution in [0.15, 0.2) is 36.7 Å². The van der Waals surface area contributed by atoms with E-state index in [1.807, 2.05) is 23.7 Å². The third kappa shape index (κ3) is 3.68. The first-order valence-electron chi connectivity index (χ1n) is 9.66. The standard InChI is InChI=1S/C20H24N6O2/c1-2-28-16-6-4-3-5-15(16)20(27)24-11-12-26-19-18(22-9-10-23-19)17(25-26)14-7-8-21-13-14/h3-6,9-10,14,21H,2,7-8,11-13H2,1H3,(H,24,27)/t14-/m0/s1. The van der Waals surface area contributed by atoms with Crippen LogP contribution in [0.2, 0.25) is 0 Å². The summed E-state index contributed by atoms with van der Waals surface area (Å²) in [5, 5.41) is 11.1. The van der Waals surface area contributed by atoms with E-state index in [-0.39, 0.29) is 5.91 Å². The fraction of sp³-hybridized carbons (Fsp3) is 0.400. The van der Waals surface area contributed by atoms with E-state index in [4.69, 9.17) is 9.84 Å². The average molecular weight is 380 g/mol. The molecule has 1 aliphatic rings. The molecule has 3 heterocycles. The Balaban J connectivity index is 1.47. The molecule has 1 amide bonds. The van der Waals surface area contributed by atoms with Gasteiger partial charge in [-0.1, -0.05) is 12.1 Å². The van der Waals surface area contributed by atoms with Crippen LogP contribution in [0.25, 0.3) is 11.2 Å². The lowest BCUT2D eigenvalue weighted by Crippen LogP contribution is -2.28. The minimum Gasteiger partial charge on any atom is -0.493 e. The SMILES string of the molecule is CCOc1ccccc1C(=O)NCCn1nc([C@H]2CCNC2)c2nccnc21. The zero-order valence-electron chi connectivity index (χ0n) is 15.9. The van der Waals surface area contributed by atoms with Crippen molar-refractivity contribution >= 4 is 17.1 Å². The Bertz CT molecular complexity index is 964. The predicted octanol–water partition coefficient (Wildman–Crippen LogP) is 1.73. The fourth-order valence-corrected chi connectivity index (χ4v) is 3.55. The van der Waals surface area contributed by atoms with Gasteiger partial charge in [0.1, 0.15) is 11.3 Å². The molecule has 8 nitrogen and oxygen atoms in total. The molecule has 0 spiro atoms. The first-order valence-corrected chi connectivity index (χ1v) is 9.66. The van der Waals surface area contributed by atoms with Crippen molar-refractivity contribution in [1.82, 2.24) is 30.4 Å². The fourth-order valence-electron chi connectivity index (χ4n) is 3.55. The first kappa shape index (κ1) is 18.4. The van der Waals surface area contributed by atoms with E-state index < -0.39 is 0 Å². The highest BCUT2D eigenvalue weighted by atomic mass is 16.5. The summed E-state index contributed by atoms with van der Waals surface area (Å²) in [6.45, 7) is 5.28. The Morgan fingerprint density at radius 2 is 2.18 bits per heavy atom. The maximum absolute atomic E-state index is 12.6. The maximum atomic E-state index is 12.6. The van der Waals surface area contributed by atoms with Crippen LogP contribution in [-0.2, 0) is 6.54 Å². The second kappa shape index (κ2) is 8.35. The van der Waals surface area contributed by atoms with E-state index in [1.165, 1.54) is 0 Å². The summed E-state index contributed by atoms with van der Waals surface area (Å²) >= 11 is 0. The highest BCUT2D eigenvalue weighted by Gasteiger charge is 2.24. The van der Waals surface area contributed by atoms with Crippen molar-refractivity contribution in [3.05, 3.63) is 47.9 Å². The van der Waals surface area contributed by atoms with Gasteiger partial charge in [-0.05, 0) is 32.0 Å².